The number of benzene rings is 2. The number of Topliss-reactive ketones (excluding diaryl/α,β-unsaturated/α-hetero) is 1. The second kappa shape index (κ2) is 10.4. The van der Waals surface area contributed by atoms with Crippen molar-refractivity contribution in [2.45, 2.75) is 25.6 Å². The Bertz CT molecular complexity index is 892. The summed E-state index contributed by atoms with van der Waals surface area (Å²) < 4.78 is 16.9. The van der Waals surface area contributed by atoms with E-state index in [9.17, 15) is 9.90 Å². The molecule has 162 valence electrons. The summed E-state index contributed by atoms with van der Waals surface area (Å²) in [4.78, 5) is 14.1. The number of halogens is 2. The standard InChI is InChI=1S/C22H25Cl2NO5/c1-14(26)22-20(28-2)4-3-5-21(22)29-13-15(27)11-25-9-8-17(12-25)30-16-6-7-18(23)19(24)10-16/h3-7,10,15,17,27H,8-9,11-13H2,1-2H3. The number of rotatable bonds is 9. The first-order valence-corrected chi connectivity index (χ1v) is 10.5. The normalized spacial score (nSPS) is 17.6. The Balaban J connectivity index is 1.50. The third kappa shape index (κ3) is 5.79. The first-order chi connectivity index (χ1) is 14.4. The number of carbonyl (C=O) groups is 1. The summed E-state index contributed by atoms with van der Waals surface area (Å²) in [5, 5.41) is 11.4. The monoisotopic (exact) mass is 453 g/mol. The van der Waals surface area contributed by atoms with Crippen LogP contribution in [0.15, 0.2) is 36.4 Å². The second-order valence-electron chi connectivity index (χ2n) is 7.22. The molecule has 2 aromatic carbocycles. The molecular formula is C22H25Cl2NO5. The molecule has 0 aliphatic carbocycles. The molecule has 0 radical (unpaired) electrons. The van der Waals surface area contributed by atoms with Gasteiger partial charge >= 0.3 is 0 Å². The third-order valence-corrected chi connectivity index (χ3v) is 5.62. The maximum absolute atomic E-state index is 11.9. The lowest BCUT2D eigenvalue weighted by molar-refractivity contribution is 0.0710. The Hall–Kier alpha value is -1.99. The first kappa shape index (κ1) is 22.7. The van der Waals surface area contributed by atoms with Gasteiger partial charge in [0.05, 0.1) is 17.2 Å². The van der Waals surface area contributed by atoms with Gasteiger partial charge in [-0.1, -0.05) is 29.3 Å². The van der Waals surface area contributed by atoms with Gasteiger partial charge in [-0.3, -0.25) is 9.69 Å². The quantitative estimate of drug-likeness (QED) is 0.576. The van der Waals surface area contributed by atoms with E-state index in [1.807, 2.05) is 0 Å². The largest absolute Gasteiger partial charge is 0.496 e. The Morgan fingerprint density at radius 2 is 2.00 bits per heavy atom. The van der Waals surface area contributed by atoms with E-state index >= 15 is 0 Å². The van der Waals surface area contributed by atoms with E-state index in [4.69, 9.17) is 37.4 Å². The number of aliphatic hydroxyl groups is 1. The molecule has 0 amide bonds. The van der Waals surface area contributed by atoms with Crippen molar-refractivity contribution in [3.8, 4) is 17.2 Å². The van der Waals surface area contributed by atoms with Gasteiger partial charge in [0, 0.05) is 25.7 Å². The summed E-state index contributed by atoms with van der Waals surface area (Å²) in [6, 6.07) is 10.4. The molecule has 1 N–H and O–H groups in total. The first-order valence-electron chi connectivity index (χ1n) is 9.70. The van der Waals surface area contributed by atoms with Crippen LogP contribution in [-0.4, -0.2) is 61.3 Å². The molecule has 6 nitrogen and oxygen atoms in total. The van der Waals surface area contributed by atoms with Crippen molar-refractivity contribution in [2.75, 3.05) is 33.4 Å². The molecule has 3 rings (SSSR count). The Morgan fingerprint density at radius 1 is 1.23 bits per heavy atom. The Morgan fingerprint density at radius 3 is 2.70 bits per heavy atom. The molecule has 1 fully saturated rings. The fraction of sp³-hybridized carbons (Fsp3) is 0.409. The van der Waals surface area contributed by atoms with Crippen LogP contribution in [0.4, 0.5) is 0 Å². The van der Waals surface area contributed by atoms with Crippen LogP contribution in [0.2, 0.25) is 10.0 Å². The van der Waals surface area contributed by atoms with Gasteiger partial charge in [0.1, 0.15) is 41.6 Å². The molecule has 1 saturated heterocycles. The smallest absolute Gasteiger partial charge is 0.167 e. The van der Waals surface area contributed by atoms with E-state index in [0.717, 1.165) is 13.0 Å². The number of ketones is 1. The van der Waals surface area contributed by atoms with Crippen LogP contribution < -0.4 is 14.2 Å². The molecule has 0 saturated carbocycles. The zero-order valence-corrected chi connectivity index (χ0v) is 18.4. The van der Waals surface area contributed by atoms with Crippen molar-refractivity contribution < 1.29 is 24.1 Å². The summed E-state index contributed by atoms with van der Waals surface area (Å²) in [5.74, 6) is 1.38. The van der Waals surface area contributed by atoms with Crippen LogP contribution in [0.25, 0.3) is 0 Å². The lowest BCUT2D eigenvalue weighted by atomic mass is 10.1. The lowest BCUT2D eigenvalue weighted by Crippen LogP contribution is -2.35. The second-order valence-corrected chi connectivity index (χ2v) is 8.03. The van der Waals surface area contributed by atoms with Gasteiger partial charge in [-0.2, -0.15) is 0 Å². The highest BCUT2D eigenvalue weighted by Crippen LogP contribution is 2.30. The number of ether oxygens (including phenoxy) is 3. The number of methoxy groups -OCH3 is 1. The minimum atomic E-state index is -0.709. The van der Waals surface area contributed by atoms with E-state index in [1.165, 1.54) is 14.0 Å². The molecule has 1 heterocycles. The average Bonchev–Trinajstić information content (AvgIpc) is 3.15. The van der Waals surface area contributed by atoms with E-state index in [1.54, 1.807) is 36.4 Å². The van der Waals surface area contributed by atoms with Crippen LogP contribution in [0.3, 0.4) is 0 Å². The number of β-amino-alcohol motifs (C(OH)–C–C–N with tert-alkyl or cyclic N) is 1. The molecule has 2 unspecified atom stereocenters. The summed E-state index contributed by atoms with van der Waals surface area (Å²) in [5.41, 5.74) is 0.378. The molecule has 2 aromatic rings. The highest BCUT2D eigenvalue weighted by Gasteiger charge is 2.26. The Kier molecular flexibility index (Phi) is 7.83. The summed E-state index contributed by atoms with van der Waals surface area (Å²) in [7, 11) is 1.50. The maximum atomic E-state index is 11.9. The molecule has 30 heavy (non-hydrogen) atoms. The minimum Gasteiger partial charge on any atom is -0.496 e. The van der Waals surface area contributed by atoms with Gasteiger partial charge in [-0.25, -0.2) is 0 Å². The zero-order chi connectivity index (χ0) is 21.7. The molecule has 2 atom stereocenters. The van der Waals surface area contributed by atoms with Gasteiger partial charge in [-0.05, 0) is 37.6 Å². The highest BCUT2D eigenvalue weighted by atomic mass is 35.5. The number of aliphatic hydroxyl groups excluding tert-OH is 1. The number of likely N-dealkylation sites (tertiary alicyclic amines) is 1. The van der Waals surface area contributed by atoms with Crippen molar-refractivity contribution in [1.82, 2.24) is 4.90 Å². The molecule has 1 aliphatic rings. The van der Waals surface area contributed by atoms with Crippen LogP contribution >= 0.6 is 23.2 Å². The van der Waals surface area contributed by atoms with Crippen LogP contribution in [-0.2, 0) is 0 Å². The lowest BCUT2D eigenvalue weighted by Gasteiger charge is -2.21. The fourth-order valence-corrected chi connectivity index (χ4v) is 3.77. The predicted molar refractivity (Wildman–Crippen MR) is 116 cm³/mol. The van der Waals surface area contributed by atoms with Gasteiger partial charge in [0.25, 0.3) is 0 Å². The van der Waals surface area contributed by atoms with E-state index in [2.05, 4.69) is 4.90 Å². The Labute approximate surface area is 186 Å². The van der Waals surface area contributed by atoms with E-state index < -0.39 is 6.10 Å². The SMILES string of the molecule is COc1cccc(OCC(O)CN2CCC(Oc3ccc(Cl)c(Cl)c3)C2)c1C(C)=O. The fourth-order valence-electron chi connectivity index (χ4n) is 3.49. The van der Waals surface area contributed by atoms with Gasteiger partial charge in [0.15, 0.2) is 5.78 Å². The highest BCUT2D eigenvalue weighted by molar-refractivity contribution is 6.42. The molecule has 1 aliphatic heterocycles. The third-order valence-electron chi connectivity index (χ3n) is 4.88. The van der Waals surface area contributed by atoms with Gasteiger partial charge < -0.3 is 19.3 Å². The van der Waals surface area contributed by atoms with Crippen LogP contribution in [0.5, 0.6) is 17.2 Å². The molecule has 8 heteroatoms. The van der Waals surface area contributed by atoms with Crippen molar-refractivity contribution in [3.63, 3.8) is 0 Å². The van der Waals surface area contributed by atoms with E-state index in [-0.39, 0.29) is 18.5 Å². The van der Waals surface area contributed by atoms with Crippen molar-refractivity contribution in [1.29, 1.82) is 0 Å². The van der Waals surface area contributed by atoms with Crippen molar-refractivity contribution in [2.24, 2.45) is 0 Å². The molecule has 0 aromatic heterocycles. The maximum Gasteiger partial charge on any atom is 0.167 e. The molecule has 0 bridgehead atoms. The van der Waals surface area contributed by atoms with Crippen LogP contribution in [0, 0.1) is 0 Å². The van der Waals surface area contributed by atoms with Gasteiger partial charge in [-0.15, -0.1) is 0 Å². The summed E-state index contributed by atoms with van der Waals surface area (Å²) >= 11 is 12.0. The van der Waals surface area contributed by atoms with Gasteiger partial charge in [0.2, 0.25) is 0 Å². The predicted octanol–water partition coefficient (Wildman–Crippen LogP) is 4.10. The van der Waals surface area contributed by atoms with E-state index in [0.29, 0.717) is 45.9 Å². The van der Waals surface area contributed by atoms with Crippen LogP contribution in [0.1, 0.15) is 23.7 Å². The topological polar surface area (TPSA) is 68.2 Å². The number of nitrogens with zero attached hydrogens (tertiary/aromatic N) is 1. The zero-order valence-electron chi connectivity index (χ0n) is 16.9. The number of hydrogen-bond acceptors (Lipinski definition) is 6. The average molecular weight is 454 g/mol. The number of hydrogen-bond donors (Lipinski definition) is 1. The number of carbonyl (C=O) groups excluding carboxylic acids is 1. The molecular weight excluding hydrogens is 429 g/mol. The summed E-state index contributed by atoms with van der Waals surface area (Å²) in [6.45, 7) is 3.47. The van der Waals surface area contributed by atoms with Crippen molar-refractivity contribution >= 4 is 29.0 Å². The minimum absolute atomic E-state index is 0.0121. The summed E-state index contributed by atoms with van der Waals surface area (Å²) in [6.07, 6.45) is 0.149. The molecule has 0 spiro atoms. The van der Waals surface area contributed by atoms with Crippen molar-refractivity contribution in [3.05, 3.63) is 52.0 Å².